The third kappa shape index (κ3) is 17.3. The molecule has 1 saturated heterocycles. The zero-order chi connectivity index (χ0) is 45.1. The number of benzene rings is 3. The molecule has 0 bridgehead atoms. The Balaban J connectivity index is 0.000000309. The largest absolute Gasteiger partial charge is 0.658 e. The van der Waals surface area contributed by atoms with Gasteiger partial charge in [0.2, 0.25) is 0 Å². The molecule has 0 aliphatic carbocycles. The summed E-state index contributed by atoms with van der Waals surface area (Å²) in [5, 5.41) is 18.2. The van der Waals surface area contributed by atoms with Crippen LogP contribution in [-0.2, 0) is 41.2 Å². The van der Waals surface area contributed by atoms with Gasteiger partial charge in [0.05, 0.1) is 48.5 Å². The normalized spacial score (nSPS) is 15.5. The van der Waals surface area contributed by atoms with Gasteiger partial charge >= 0.3 is 26.7 Å². The standard InChI is InChI=1S/C20H29BO5.C14H16O3.C6H4BO2.C6H14O2/c1-15(18(22)23-6)14-16-8-10-17(11-9-16)24-13-7-12-21-25-19(2,3)20(4,5)26-21;1-4-9-17-13-7-5-12(6-8-13)10-11(2)14(15)16-3;1-2-4-6-5(3-1)8-7-9-6;1-5(2,7)6(3,4)8/h7-12,15H,13-14H2,1-6H3;1,5-8,11H,9-10H2,2-3H3;1-4H;7-8H,1-4H3/b12-7+;;;. The number of carbonyl (C=O) groups is 2. The van der Waals surface area contributed by atoms with E-state index in [4.69, 9.17) is 49.5 Å². The van der Waals surface area contributed by atoms with Crippen molar-refractivity contribution in [3.8, 4) is 35.3 Å². The molecule has 5 rings (SSSR count). The summed E-state index contributed by atoms with van der Waals surface area (Å²) in [6, 6.07) is 22.8. The number of ether oxygens (including phenoxy) is 4. The fourth-order valence-corrected chi connectivity index (χ4v) is 4.90. The van der Waals surface area contributed by atoms with Crippen LogP contribution >= 0.6 is 0 Å². The highest BCUT2D eigenvalue weighted by Gasteiger charge is 2.50. The van der Waals surface area contributed by atoms with Crippen LogP contribution in [0, 0.1) is 24.2 Å². The molecule has 0 amide bonds. The van der Waals surface area contributed by atoms with Gasteiger partial charge in [-0.1, -0.05) is 68.2 Å². The molecule has 2 atom stereocenters. The Kier molecular flexibility index (Phi) is 20.3. The van der Waals surface area contributed by atoms with E-state index in [1.165, 1.54) is 21.9 Å². The summed E-state index contributed by atoms with van der Waals surface area (Å²) < 4.78 is 42.1. The molecule has 2 aliphatic heterocycles. The van der Waals surface area contributed by atoms with E-state index in [1.54, 1.807) is 27.7 Å². The molecule has 3 aromatic rings. The van der Waals surface area contributed by atoms with Crippen LogP contribution in [0.3, 0.4) is 0 Å². The Hall–Kier alpha value is -4.93. The zero-order valence-corrected chi connectivity index (χ0v) is 37.3. The van der Waals surface area contributed by atoms with Crippen molar-refractivity contribution in [2.24, 2.45) is 11.8 Å². The first-order chi connectivity index (χ1) is 28.0. The molecule has 60 heavy (non-hydrogen) atoms. The number of rotatable bonds is 13. The maximum Gasteiger partial charge on any atom is 0.658 e. The predicted molar refractivity (Wildman–Crippen MR) is 234 cm³/mol. The van der Waals surface area contributed by atoms with Crippen molar-refractivity contribution in [3.63, 3.8) is 0 Å². The van der Waals surface area contributed by atoms with Crippen LogP contribution in [0.4, 0.5) is 0 Å². The van der Waals surface area contributed by atoms with Crippen molar-refractivity contribution in [1.82, 2.24) is 0 Å². The van der Waals surface area contributed by atoms with Gasteiger partial charge in [-0.05, 0) is 116 Å². The van der Waals surface area contributed by atoms with Crippen LogP contribution in [0.15, 0.2) is 84.8 Å². The first-order valence-corrected chi connectivity index (χ1v) is 19.8. The number of esters is 2. The van der Waals surface area contributed by atoms with Gasteiger partial charge in [-0.2, -0.15) is 0 Å². The minimum Gasteiger partial charge on any atom is -0.524 e. The van der Waals surface area contributed by atoms with E-state index in [0.717, 1.165) is 34.1 Å². The number of para-hydroxylation sites is 2. The van der Waals surface area contributed by atoms with Crippen molar-refractivity contribution < 1.29 is 57.4 Å². The van der Waals surface area contributed by atoms with E-state index in [2.05, 4.69) is 10.7 Å². The number of fused-ring (bicyclic) bond motifs is 1. The molecular formula is C46H63B2O12. The summed E-state index contributed by atoms with van der Waals surface area (Å²) in [6.07, 6.45) is 8.30. The summed E-state index contributed by atoms with van der Waals surface area (Å²) in [4.78, 5) is 22.7. The first-order valence-electron chi connectivity index (χ1n) is 19.8. The zero-order valence-electron chi connectivity index (χ0n) is 37.3. The lowest BCUT2D eigenvalue weighted by molar-refractivity contribution is -0.145. The van der Waals surface area contributed by atoms with Gasteiger partial charge in [-0.3, -0.25) is 9.59 Å². The van der Waals surface area contributed by atoms with Gasteiger partial charge in [-0.15, -0.1) is 6.42 Å². The van der Waals surface area contributed by atoms with Gasteiger partial charge in [0.25, 0.3) is 0 Å². The van der Waals surface area contributed by atoms with Gasteiger partial charge in [0, 0.05) is 0 Å². The van der Waals surface area contributed by atoms with Crippen LogP contribution in [0.5, 0.6) is 23.0 Å². The Morgan fingerprint density at radius 2 is 1.15 bits per heavy atom. The highest BCUT2D eigenvalue weighted by molar-refractivity contribution is 6.51. The quantitative estimate of drug-likeness (QED) is 0.102. The maximum atomic E-state index is 11.5. The topological polar surface area (TPSA) is 148 Å². The van der Waals surface area contributed by atoms with Crippen LogP contribution in [-0.4, -0.2) is 86.8 Å². The van der Waals surface area contributed by atoms with E-state index >= 15 is 0 Å². The van der Waals surface area contributed by atoms with Crippen molar-refractivity contribution >= 4 is 26.7 Å². The highest BCUT2D eigenvalue weighted by atomic mass is 16.7. The third-order valence-corrected chi connectivity index (χ3v) is 10.1. The molecule has 325 valence electrons. The second kappa shape index (κ2) is 23.8. The molecule has 0 aromatic heterocycles. The molecule has 1 radical (unpaired) electrons. The number of methoxy groups -OCH3 is 2. The van der Waals surface area contributed by atoms with Crippen LogP contribution in [0.25, 0.3) is 0 Å². The molecule has 0 saturated carbocycles. The molecule has 2 N–H and O–H groups in total. The van der Waals surface area contributed by atoms with E-state index in [9.17, 15) is 9.59 Å². The second-order valence-corrected chi connectivity index (χ2v) is 16.3. The maximum absolute atomic E-state index is 11.5. The Labute approximate surface area is 358 Å². The Bertz CT molecular complexity index is 1770. The number of terminal acetylenes is 1. The molecule has 2 unspecified atom stereocenters. The molecule has 1 fully saturated rings. The first kappa shape index (κ1) is 51.2. The molecule has 2 heterocycles. The predicted octanol–water partition coefficient (Wildman–Crippen LogP) is 7.18. The van der Waals surface area contributed by atoms with Crippen molar-refractivity contribution in [2.45, 2.75) is 104 Å². The summed E-state index contributed by atoms with van der Waals surface area (Å²) in [5.41, 5.74) is -0.543. The minimum atomic E-state index is -1.01. The van der Waals surface area contributed by atoms with E-state index in [0.29, 0.717) is 19.4 Å². The minimum absolute atomic E-state index is 0.141. The van der Waals surface area contributed by atoms with E-state index in [-0.39, 0.29) is 48.7 Å². The number of hydrogen-bond acceptors (Lipinski definition) is 12. The van der Waals surface area contributed by atoms with Crippen molar-refractivity contribution in [2.75, 3.05) is 27.4 Å². The molecule has 3 aromatic carbocycles. The average molecular weight is 830 g/mol. The fourth-order valence-electron chi connectivity index (χ4n) is 4.90. The number of hydrogen-bond donors (Lipinski definition) is 2. The van der Waals surface area contributed by atoms with E-state index in [1.807, 2.05) is 126 Å². The monoisotopic (exact) mass is 829 g/mol. The molecule has 0 spiro atoms. The van der Waals surface area contributed by atoms with Crippen LogP contribution < -0.4 is 18.8 Å². The lowest BCUT2D eigenvalue weighted by atomic mass is 9.90. The third-order valence-electron chi connectivity index (χ3n) is 10.1. The van der Waals surface area contributed by atoms with Crippen molar-refractivity contribution in [1.29, 1.82) is 0 Å². The van der Waals surface area contributed by atoms with Gasteiger partial charge in [0.15, 0.2) is 0 Å². The van der Waals surface area contributed by atoms with Gasteiger partial charge in [0.1, 0.15) is 36.2 Å². The summed E-state index contributed by atoms with van der Waals surface area (Å²) in [6.45, 7) is 18.8. The summed E-state index contributed by atoms with van der Waals surface area (Å²) in [5.74, 6) is 6.68. The highest BCUT2D eigenvalue weighted by Crippen LogP contribution is 2.37. The SMILES string of the molecule is C#CCOc1ccc(CC(C)C(=O)OC)cc1.CC(C)(O)C(C)(C)O.COC(=O)C(C)Cc1ccc(OC/C=C/B2OC(C)(C)C(C)(C)O2)cc1.[B]1Oc2ccccc2O1. The smallest absolute Gasteiger partial charge is 0.524 e. The van der Waals surface area contributed by atoms with Gasteiger partial charge < -0.3 is 47.8 Å². The van der Waals surface area contributed by atoms with Crippen LogP contribution in [0.2, 0.25) is 0 Å². The second-order valence-electron chi connectivity index (χ2n) is 16.3. The molecule has 14 heteroatoms. The molecule has 12 nitrogen and oxygen atoms in total. The van der Waals surface area contributed by atoms with Crippen molar-refractivity contribution in [3.05, 3.63) is 96.0 Å². The lowest BCUT2D eigenvalue weighted by Crippen LogP contribution is -2.44. The fraction of sp³-hybridized carbons (Fsp3) is 0.478. The van der Waals surface area contributed by atoms with Gasteiger partial charge in [-0.25, -0.2) is 0 Å². The summed E-state index contributed by atoms with van der Waals surface area (Å²) >= 11 is 0. The molecule has 2 aliphatic rings. The Morgan fingerprint density at radius 1 is 0.750 bits per heavy atom. The number of aliphatic hydroxyl groups is 2. The number of carbonyl (C=O) groups excluding carboxylic acids is 2. The van der Waals surface area contributed by atoms with Crippen LogP contribution in [0.1, 0.15) is 80.4 Å². The lowest BCUT2D eigenvalue weighted by Gasteiger charge is -2.32. The molecular weight excluding hydrogens is 766 g/mol. The summed E-state index contributed by atoms with van der Waals surface area (Å²) in [7, 11) is 3.78. The average Bonchev–Trinajstić information content (AvgIpc) is 3.76. The van der Waals surface area contributed by atoms with E-state index < -0.39 is 11.2 Å². The Morgan fingerprint density at radius 3 is 1.52 bits per heavy atom.